The first-order valence-corrected chi connectivity index (χ1v) is 6.48. The minimum Gasteiger partial charge on any atom is -0.232 e. The van der Waals surface area contributed by atoms with E-state index in [2.05, 4.69) is 10.3 Å². The lowest BCUT2D eigenvalue weighted by Gasteiger charge is -2.06. The van der Waals surface area contributed by atoms with Crippen LogP contribution >= 0.6 is 10.7 Å². The lowest BCUT2D eigenvalue weighted by molar-refractivity contribution is 0.441. The minimum absolute atomic E-state index is 0.00660. The molecule has 0 saturated carbocycles. The SMILES string of the molecule is Cc1nnn(CC(C)C)c1S(=O)(=O)Cl. The average molecular weight is 238 g/mol. The summed E-state index contributed by atoms with van der Waals surface area (Å²) in [5.74, 6) is 0.285. The summed E-state index contributed by atoms with van der Waals surface area (Å²) in [5.41, 5.74) is 0.334. The molecule has 14 heavy (non-hydrogen) atoms. The molecule has 0 N–H and O–H groups in total. The van der Waals surface area contributed by atoms with Crippen LogP contribution in [-0.4, -0.2) is 23.4 Å². The molecule has 80 valence electrons. The topological polar surface area (TPSA) is 64.8 Å². The van der Waals surface area contributed by atoms with Crippen molar-refractivity contribution in [2.24, 2.45) is 5.92 Å². The van der Waals surface area contributed by atoms with Crippen molar-refractivity contribution in [3.05, 3.63) is 5.69 Å². The third kappa shape index (κ3) is 2.45. The van der Waals surface area contributed by atoms with Crippen LogP contribution in [0.15, 0.2) is 5.03 Å². The lowest BCUT2D eigenvalue weighted by Crippen LogP contribution is -2.11. The smallest absolute Gasteiger partial charge is 0.232 e. The van der Waals surface area contributed by atoms with E-state index in [0.29, 0.717) is 12.2 Å². The molecule has 0 saturated heterocycles. The Labute approximate surface area is 87.5 Å². The molecule has 0 amide bonds. The zero-order valence-corrected chi connectivity index (χ0v) is 9.80. The molecule has 0 radical (unpaired) electrons. The van der Waals surface area contributed by atoms with E-state index >= 15 is 0 Å². The van der Waals surface area contributed by atoms with E-state index in [9.17, 15) is 8.42 Å². The van der Waals surface area contributed by atoms with Crippen molar-refractivity contribution in [1.82, 2.24) is 15.0 Å². The van der Waals surface area contributed by atoms with Gasteiger partial charge in [-0.1, -0.05) is 19.1 Å². The third-order valence-corrected chi connectivity index (χ3v) is 3.02. The van der Waals surface area contributed by atoms with Gasteiger partial charge in [0.05, 0.1) is 5.69 Å². The summed E-state index contributed by atoms with van der Waals surface area (Å²) in [6.45, 7) is 5.98. The first-order chi connectivity index (χ1) is 6.32. The molecule has 0 aliphatic heterocycles. The van der Waals surface area contributed by atoms with Crippen LogP contribution in [0.3, 0.4) is 0 Å². The fourth-order valence-corrected chi connectivity index (χ4v) is 2.49. The zero-order chi connectivity index (χ0) is 10.9. The molecule has 1 heterocycles. The molecule has 1 aromatic heterocycles. The molecule has 0 fully saturated rings. The van der Waals surface area contributed by atoms with Gasteiger partial charge >= 0.3 is 0 Å². The van der Waals surface area contributed by atoms with Gasteiger partial charge in [0.1, 0.15) is 0 Å². The van der Waals surface area contributed by atoms with Crippen LogP contribution in [0.2, 0.25) is 0 Å². The monoisotopic (exact) mass is 237 g/mol. The third-order valence-electron chi connectivity index (χ3n) is 1.62. The van der Waals surface area contributed by atoms with Crippen LogP contribution in [0.5, 0.6) is 0 Å². The summed E-state index contributed by atoms with van der Waals surface area (Å²) >= 11 is 0. The van der Waals surface area contributed by atoms with E-state index in [1.165, 1.54) is 4.68 Å². The normalized spacial score (nSPS) is 12.4. The van der Waals surface area contributed by atoms with Gasteiger partial charge in [-0.2, -0.15) is 0 Å². The zero-order valence-electron chi connectivity index (χ0n) is 8.23. The molecule has 0 bridgehead atoms. The molecule has 0 unspecified atom stereocenters. The Morgan fingerprint density at radius 1 is 1.50 bits per heavy atom. The van der Waals surface area contributed by atoms with Gasteiger partial charge in [0.15, 0.2) is 5.03 Å². The summed E-state index contributed by atoms with van der Waals surface area (Å²) in [4.78, 5) is 0. The maximum atomic E-state index is 11.2. The Morgan fingerprint density at radius 2 is 2.07 bits per heavy atom. The lowest BCUT2D eigenvalue weighted by atomic mass is 10.2. The second-order valence-electron chi connectivity index (χ2n) is 3.49. The number of hydrogen-bond donors (Lipinski definition) is 0. The Hall–Kier alpha value is -0.620. The standard InChI is InChI=1S/C7H12ClN3O2S/c1-5(2)4-11-7(14(8,12)13)6(3)9-10-11/h5H,4H2,1-3H3. The molecule has 0 aromatic carbocycles. The molecular formula is C7H12ClN3O2S. The van der Waals surface area contributed by atoms with Crippen LogP contribution < -0.4 is 0 Å². The highest BCUT2D eigenvalue weighted by Gasteiger charge is 2.21. The van der Waals surface area contributed by atoms with Crippen molar-refractivity contribution in [3.8, 4) is 0 Å². The van der Waals surface area contributed by atoms with Crippen LogP contribution in [0.25, 0.3) is 0 Å². The molecule has 0 spiro atoms. The number of rotatable bonds is 3. The van der Waals surface area contributed by atoms with Gasteiger partial charge in [0, 0.05) is 17.2 Å². The predicted molar refractivity (Wildman–Crippen MR) is 52.6 cm³/mol. The van der Waals surface area contributed by atoms with Gasteiger partial charge in [-0.3, -0.25) is 0 Å². The van der Waals surface area contributed by atoms with Crippen molar-refractivity contribution in [2.75, 3.05) is 0 Å². The maximum Gasteiger partial charge on any atom is 0.280 e. The van der Waals surface area contributed by atoms with Crippen LogP contribution in [0.1, 0.15) is 19.5 Å². The number of hydrogen-bond acceptors (Lipinski definition) is 4. The van der Waals surface area contributed by atoms with Crippen LogP contribution in [-0.2, 0) is 15.6 Å². The van der Waals surface area contributed by atoms with E-state index in [4.69, 9.17) is 10.7 Å². The molecule has 0 aliphatic carbocycles. The average Bonchev–Trinajstić information content (AvgIpc) is 2.28. The highest BCUT2D eigenvalue weighted by molar-refractivity contribution is 8.13. The highest BCUT2D eigenvalue weighted by Crippen LogP contribution is 2.18. The van der Waals surface area contributed by atoms with Gasteiger partial charge < -0.3 is 0 Å². The Balaban J connectivity index is 3.20. The van der Waals surface area contributed by atoms with E-state index in [1.54, 1.807) is 6.92 Å². The number of nitrogens with zero attached hydrogens (tertiary/aromatic N) is 3. The molecule has 1 aromatic rings. The molecule has 5 nitrogen and oxygen atoms in total. The number of aryl methyl sites for hydroxylation is 1. The quantitative estimate of drug-likeness (QED) is 0.741. The Bertz CT molecular complexity index is 424. The summed E-state index contributed by atoms with van der Waals surface area (Å²) in [5, 5.41) is 7.40. The molecule has 0 aliphatic rings. The van der Waals surface area contributed by atoms with Gasteiger partial charge in [-0.05, 0) is 12.8 Å². The first-order valence-electron chi connectivity index (χ1n) is 4.17. The van der Waals surface area contributed by atoms with Crippen LogP contribution in [0.4, 0.5) is 0 Å². The Kier molecular flexibility index (Phi) is 3.16. The van der Waals surface area contributed by atoms with Gasteiger partial charge in [0.2, 0.25) is 0 Å². The second kappa shape index (κ2) is 3.86. The molecule has 1 rings (SSSR count). The number of aromatic nitrogens is 3. The number of halogens is 1. The summed E-state index contributed by atoms with van der Waals surface area (Å²) in [6, 6.07) is 0. The van der Waals surface area contributed by atoms with E-state index in [1.807, 2.05) is 13.8 Å². The molecule has 0 atom stereocenters. The van der Waals surface area contributed by atoms with Crippen molar-refractivity contribution < 1.29 is 8.42 Å². The van der Waals surface area contributed by atoms with Crippen molar-refractivity contribution in [1.29, 1.82) is 0 Å². The minimum atomic E-state index is -3.76. The van der Waals surface area contributed by atoms with Crippen molar-refractivity contribution in [2.45, 2.75) is 32.3 Å². The summed E-state index contributed by atoms with van der Waals surface area (Å²) in [7, 11) is 1.51. The Morgan fingerprint density at radius 3 is 2.50 bits per heavy atom. The van der Waals surface area contributed by atoms with Gasteiger partial charge in [0.25, 0.3) is 9.05 Å². The van der Waals surface area contributed by atoms with E-state index in [-0.39, 0.29) is 10.9 Å². The summed E-state index contributed by atoms with van der Waals surface area (Å²) in [6.07, 6.45) is 0. The summed E-state index contributed by atoms with van der Waals surface area (Å²) < 4.78 is 23.7. The largest absolute Gasteiger partial charge is 0.280 e. The first kappa shape index (κ1) is 11.5. The molecular weight excluding hydrogens is 226 g/mol. The predicted octanol–water partition coefficient (Wildman–Crippen LogP) is 1.17. The molecule has 7 heteroatoms. The maximum absolute atomic E-state index is 11.2. The van der Waals surface area contributed by atoms with Gasteiger partial charge in [-0.25, -0.2) is 13.1 Å². The van der Waals surface area contributed by atoms with E-state index in [0.717, 1.165) is 0 Å². The van der Waals surface area contributed by atoms with Crippen molar-refractivity contribution >= 4 is 19.7 Å². The van der Waals surface area contributed by atoms with Crippen LogP contribution in [0, 0.1) is 12.8 Å². The fourth-order valence-electron chi connectivity index (χ4n) is 1.16. The van der Waals surface area contributed by atoms with Gasteiger partial charge in [-0.15, -0.1) is 5.10 Å². The van der Waals surface area contributed by atoms with E-state index < -0.39 is 9.05 Å². The van der Waals surface area contributed by atoms with Crippen molar-refractivity contribution in [3.63, 3.8) is 0 Å². The highest BCUT2D eigenvalue weighted by atomic mass is 35.7. The second-order valence-corrected chi connectivity index (χ2v) is 5.98. The fraction of sp³-hybridized carbons (Fsp3) is 0.714.